The van der Waals surface area contributed by atoms with Crippen molar-refractivity contribution in [2.45, 2.75) is 18.7 Å². The van der Waals surface area contributed by atoms with Crippen molar-refractivity contribution in [3.05, 3.63) is 59.1 Å². The molecule has 0 aliphatic carbocycles. The van der Waals surface area contributed by atoms with Crippen LogP contribution in [0.5, 0.6) is 0 Å². The minimum atomic E-state index is -3.51. The highest BCUT2D eigenvalue weighted by molar-refractivity contribution is 7.89. The fourth-order valence-electron chi connectivity index (χ4n) is 2.27. The van der Waals surface area contributed by atoms with E-state index >= 15 is 0 Å². The van der Waals surface area contributed by atoms with Gasteiger partial charge in [0.25, 0.3) is 5.91 Å². The zero-order valence-electron chi connectivity index (χ0n) is 13.5. The van der Waals surface area contributed by atoms with Crippen LogP contribution in [0.4, 0.5) is 5.69 Å². The third-order valence-electron chi connectivity index (χ3n) is 3.57. The fraction of sp³-hybridized carbons (Fsp3) is 0.235. The van der Waals surface area contributed by atoms with Gasteiger partial charge in [-0.15, -0.1) is 0 Å². The van der Waals surface area contributed by atoms with Crippen LogP contribution in [0.2, 0.25) is 5.02 Å². The number of nitrogens with one attached hydrogen (secondary N) is 1. The lowest BCUT2D eigenvalue weighted by Gasteiger charge is -2.18. The zero-order valence-corrected chi connectivity index (χ0v) is 15.1. The van der Waals surface area contributed by atoms with Crippen LogP contribution < -0.4 is 5.32 Å². The number of benzene rings is 2. The van der Waals surface area contributed by atoms with Crippen molar-refractivity contribution >= 4 is 33.2 Å². The average Bonchev–Trinajstić information content (AvgIpc) is 2.56. The molecule has 128 valence electrons. The van der Waals surface area contributed by atoms with Crippen molar-refractivity contribution < 1.29 is 13.2 Å². The Hall–Kier alpha value is -1.89. The van der Waals surface area contributed by atoms with E-state index in [1.807, 2.05) is 0 Å². The molecule has 0 heterocycles. The summed E-state index contributed by atoms with van der Waals surface area (Å²) in [6.07, 6.45) is 0. The van der Waals surface area contributed by atoms with Gasteiger partial charge in [0.15, 0.2) is 0 Å². The molecule has 0 saturated carbocycles. The second-order valence-electron chi connectivity index (χ2n) is 5.05. The lowest BCUT2D eigenvalue weighted by atomic mass is 10.2. The van der Waals surface area contributed by atoms with E-state index in [1.54, 1.807) is 50.2 Å². The first-order valence-corrected chi connectivity index (χ1v) is 9.38. The summed E-state index contributed by atoms with van der Waals surface area (Å²) in [6.45, 7) is 4.39. The van der Waals surface area contributed by atoms with Crippen molar-refractivity contribution in [1.29, 1.82) is 0 Å². The van der Waals surface area contributed by atoms with E-state index in [4.69, 9.17) is 11.6 Å². The minimum Gasteiger partial charge on any atom is -0.322 e. The molecule has 1 N–H and O–H groups in total. The van der Waals surface area contributed by atoms with E-state index in [-0.39, 0.29) is 10.8 Å². The number of halogens is 1. The number of carbonyl (C=O) groups excluding carboxylic acids is 1. The molecule has 0 fully saturated rings. The van der Waals surface area contributed by atoms with Gasteiger partial charge in [0.2, 0.25) is 10.0 Å². The molecule has 0 radical (unpaired) electrons. The quantitative estimate of drug-likeness (QED) is 0.849. The molecule has 0 saturated heterocycles. The minimum absolute atomic E-state index is 0.196. The summed E-state index contributed by atoms with van der Waals surface area (Å²) in [4.78, 5) is 12.4. The van der Waals surface area contributed by atoms with Gasteiger partial charge in [-0.2, -0.15) is 4.31 Å². The first kappa shape index (κ1) is 18.4. The van der Waals surface area contributed by atoms with Crippen LogP contribution >= 0.6 is 11.6 Å². The highest BCUT2D eigenvalue weighted by atomic mass is 35.5. The van der Waals surface area contributed by atoms with Gasteiger partial charge in [-0.05, 0) is 36.4 Å². The van der Waals surface area contributed by atoms with Gasteiger partial charge < -0.3 is 5.32 Å². The molecule has 5 nitrogen and oxygen atoms in total. The van der Waals surface area contributed by atoms with E-state index in [2.05, 4.69) is 5.32 Å². The Morgan fingerprint density at radius 3 is 2.17 bits per heavy atom. The number of anilines is 1. The van der Waals surface area contributed by atoms with Crippen LogP contribution in [0.25, 0.3) is 0 Å². The van der Waals surface area contributed by atoms with Crippen molar-refractivity contribution in [1.82, 2.24) is 4.31 Å². The summed E-state index contributed by atoms with van der Waals surface area (Å²) in [5, 5.41) is 3.06. The van der Waals surface area contributed by atoms with Gasteiger partial charge in [0.05, 0.1) is 15.5 Å². The van der Waals surface area contributed by atoms with Gasteiger partial charge >= 0.3 is 0 Å². The second kappa shape index (κ2) is 7.79. The number of hydrogen-bond donors (Lipinski definition) is 1. The molecule has 0 aliphatic heterocycles. The maximum absolute atomic E-state index is 12.4. The Kier molecular flexibility index (Phi) is 5.99. The monoisotopic (exact) mass is 366 g/mol. The van der Waals surface area contributed by atoms with E-state index in [1.165, 1.54) is 16.4 Å². The highest BCUT2D eigenvalue weighted by Gasteiger charge is 2.21. The summed E-state index contributed by atoms with van der Waals surface area (Å²) in [5.74, 6) is -0.347. The number of amides is 1. The Balaban J connectivity index is 2.18. The lowest BCUT2D eigenvalue weighted by Crippen LogP contribution is -2.30. The van der Waals surface area contributed by atoms with Crippen molar-refractivity contribution in [2.75, 3.05) is 18.4 Å². The first-order chi connectivity index (χ1) is 11.4. The SMILES string of the molecule is CCN(CC)S(=O)(=O)c1ccc(NC(=O)c2ccccc2Cl)cc1. The van der Waals surface area contributed by atoms with Gasteiger partial charge in [-0.1, -0.05) is 37.6 Å². The molecule has 7 heteroatoms. The third kappa shape index (κ3) is 3.95. The molecule has 0 atom stereocenters. The van der Waals surface area contributed by atoms with Gasteiger partial charge in [-0.25, -0.2) is 8.42 Å². The lowest BCUT2D eigenvalue weighted by molar-refractivity contribution is 0.102. The standard InChI is InChI=1S/C17H19ClN2O3S/c1-3-20(4-2)24(22,23)14-11-9-13(10-12-14)19-17(21)15-7-5-6-8-16(15)18/h5-12H,3-4H2,1-2H3,(H,19,21). The average molecular weight is 367 g/mol. The molecule has 0 aromatic heterocycles. The fourth-order valence-corrected chi connectivity index (χ4v) is 3.95. The van der Waals surface area contributed by atoms with Crippen LogP contribution in [0.1, 0.15) is 24.2 Å². The predicted octanol–water partition coefficient (Wildman–Crippen LogP) is 3.62. The van der Waals surface area contributed by atoms with Crippen LogP contribution in [-0.2, 0) is 10.0 Å². The molecule has 1 amide bonds. The molecule has 2 rings (SSSR count). The van der Waals surface area contributed by atoms with E-state index < -0.39 is 10.0 Å². The van der Waals surface area contributed by atoms with Crippen molar-refractivity contribution in [3.8, 4) is 0 Å². The molecular weight excluding hydrogens is 348 g/mol. The number of sulfonamides is 1. The number of hydrogen-bond acceptors (Lipinski definition) is 3. The third-order valence-corrected chi connectivity index (χ3v) is 5.97. The molecule has 0 unspecified atom stereocenters. The maximum atomic E-state index is 12.4. The maximum Gasteiger partial charge on any atom is 0.257 e. The molecule has 0 bridgehead atoms. The van der Waals surface area contributed by atoms with Crippen molar-refractivity contribution in [2.24, 2.45) is 0 Å². The number of nitrogens with zero attached hydrogens (tertiary/aromatic N) is 1. The van der Waals surface area contributed by atoms with Crippen LogP contribution in [0.3, 0.4) is 0 Å². The van der Waals surface area contributed by atoms with E-state index in [0.29, 0.717) is 29.4 Å². The molecule has 0 spiro atoms. The zero-order chi connectivity index (χ0) is 17.7. The van der Waals surface area contributed by atoms with Crippen LogP contribution in [0, 0.1) is 0 Å². The van der Waals surface area contributed by atoms with Crippen molar-refractivity contribution in [3.63, 3.8) is 0 Å². The summed E-state index contributed by atoms with van der Waals surface area (Å²) in [6, 6.07) is 12.8. The van der Waals surface area contributed by atoms with Crippen LogP contribution in [-0.4, -0.2) is 31.7 Å². The summed E-state index contributed by atoms with van der Waals surface area (Å²) in [5.41, 5.74) is 0.859. The molecule has 2 aromatic rings. The smallest absolute Gasteiger partial charge is 0.257 e. The largest absolute Gasteiger partial charge is 0.322 e. The summed E-state index contributed by atoms with van der Waals surface area (Å²) < 4.78 is 26.2. The van der Waals surface area contributed by atoms with E-state index in [9.17, 15) is 13.2 Å². The topological polar surface area (TPSA) is 66.5 Å². The van der Waals surface area contributed by atoms with Gasteiger partial charge in [0.1, 0.15) is 0 Å². The Morgan fingerprint density at radius 2 is 1.62 bits per heavy atom. The second-order valence-corrected chi connectivity index (χ2v) is 7.39. The Morgan fingerprint density at radius 1 is 1.04 bits per heavy atom. The number of rotatable bonds is 6. The Bertz CT molecular complexity index is 816. The van der Waals surface area contributed by atoms with Crippen LogP contribution in [0.15, 0.2) is 53.4 Å². The predicted molar refractivity (Wildman–Crippen MR) is 96.0 cm³/mol. The Labute approximate surface area is 147 Å². The number of carbonyl (C=O) groups is 1. The summed E-state index contributed by atoms with van der Waals surface area (Å²) in [7, 11) is -3.51. The first-order valence-electron chi connectivity index (χ1n) is 7.56. The highest BCUT2D eigenvalue weighted by Crippen LogP contribution is 2.20. The molecule has 24 heavy (non-hydrogen) atoms. The molecule has 2 aromatic carbocycles. The molecular formula is C17H19ClN2O3S. The van der Waals surface area contributed by atoms with Gasteiger partial charge in [0, 0.05) is 18.8 Å². The summed E-state index contributed by atoms with van der Waals surface area (Å²) >= 11 is 5.99. The van der Waals surface area contributed by atoms with E-state index in [0.717, 1.165) is 0 Å². The molecule has 0 aliphatic rings. The van der Waals surface area contributed by atoms with Gasteiger partial charge in [-0.3, -0.25) is 4.79 Å². The normalized spacial score (nSPS) is 11.5.